The number of carbonyl (C=O) groups is 1. The van der Waals surface area contributed by atoms with Crippen LogP contribution in [0.5, 0.6) is 0 Å². The number of aromatic nitrogens is 2. The van der Waals surface area contributed by atoms with E-state index in [-0.39, 0.29) is 18.5 Å². The van der Waals surface area contributed by atoms with Crippen molar-refractivity contribution >= 4 is 16.8 Å². The van der Waals surface area contributed by atoms with Gasteiger partial charge in [-0.2, -0.15) is 0 Å². The molecule has 1 aliphatic rings. The third-order valence-corrected chi connectivity index (χ3v) is 3.13. The number of fused-ring (bicyclic) bond motifs is 1. The highest BCUT2D eigenvalue weighted by atomic mass is 16.2. The Morgan fingerprint density at radius 2 is 2.05 bits per heavy atom. The zero-order valence-electron chi connectivity index (χ0n) is 10.2. The Hall–Kier alpha value is -2.37. The molecule has 1 amide bonds. The van der Waals surface area contributed by atoms with Crippen molar-refractivity contribution in [2.45, 2.75) is 25.4 Å². The molecule has 0 radical (unpaired) electrons. The minimum absolute atomic E-state index is 0.211. The third-order valence-electron chi connectivity index (χ3n) is 3.13. The van der Waals surface area contributed by atoms with Gasteiger partial charge in [0.05, 0.1) is 10.9 Å². The molecule has 1 aromatic carbocycles. The molecule has 1 saturated carbocycles. The maximum absolute atomic E-state index is 12.1. The van der Waals surface area contributed by atoms with Gasteiger partial charge in [-0.05, 0) is 25.0 Å². The summed E-state index contributed by atoms with van der Waals surface area (Å²) in [6, 6.07) is 6.96. The van der Waals surface area contributed by atoms with Crippen molar-refractivity contribution in [3.8, 4) is 0 Å². The van der Waals surface area contributed by atoms with Crippen LogP contribution in [-0.2, 0) is 11.3 Å². The Balaban J connectivity index is 2.00. The lowest BCUT2D eigenvalue weighted by atomic mass is 10.2. The molecule has 19 heavy (non-hydrogen) atoms. The first-order valence-corrected chi connectivity index (χ1v) is 6.16. The fourth-order valence-corrected chi connectivity index (χ4v) is 1.99. The quantitative estimate of drug-likeness (QED) is 0.811. The average molecular weight is 259 g/mol. The summed E-state index contributed by atoms with van der Waals surface area (Å²) < 4.78 is 0.931. The van der Waals surface area contributed by atoms with Crippen LogP contribution in [0.1, 0.15) is 12.8 Å². The maximum atomic E-state index is 12.1. The molecule has 0 aliphatic heterocycles. The summed E-state index contributed by atoms with van der Waals surface area (Å²) >= 11 is 0. The lowest BCUT2D eigenvalue weighted by molar-refractivity contribution is -0.121. The molecule has 3 rings (SSSR count). The fourth-order valence-electron chi connectivity index (χ4n) is 1.99. The molecule has 0 unspecified atom stereocenters. The number of aromatic amines is 1. The van der Waals surface area contributed by atoms with Gasteiger partial charge in [0, 0.05) is 6.04 Å². The molecule has 0 bridgehead atoms. The van der Waals surface area contributed by atoms with Gasteiger partial charge < -0.3 is 10.3 Å². The van der Waals surface area contributed by atoms with Crippen LogP contribution in [0, 0.1) is 0 Å². The number of nitrogens with one attached hydrogen (secondary N) is 2. The molecular formula is C13H13N3O3. The van der Waals surface area contributed by atoms with Gasteiger partial charge in [-0.25, -0.2) is 4.79 Å². The SMILES string of the molecule is O=C(Cn1c(=O)[nH]c2ccccc2c1=O)NC1CC1. The van der Waals surface area contributed by atoms with Gasteiger partial charge in [-0.15, -0.1) is 0 Å². The topological polar surface area (TPSA) is 84.0 Å². The van der Waals surface area contributed by atoms with Crippen molar-refractivity contribution in [3.05, 3.63) is 45.1 Å². The van der Waals surface area contributed by atoms with Gasteiger partial charge in [-0.1, -0.05) is 12.1 Å². The Labute approximate surface area is 108 Å². The van der Waals surface area contributed by atoms with E-state index in [2.05, 4.69) is 10.3 Å². The number of rotatable bonds is 3. The molecule has 98 valence electrons. The van der Waals surface area contributed by atoms with E-state index in [1.807, 2.05) is 0 Å². The minimum Gasteiger partial charge on any atom is -0.352 e. The average Bonchev–Trinajstić information content (AvgIpc) is 3.18. The second kappa shape index (κ2) is 4.38. The van der Waals surface area contributed by atoms with Crippen molar-refractivity contribution in [2.24, 2.45) is 0 Å². The lowest BCUT2D eigenvalue weighted by Gasteiger charge is -2.06. The zero-order chi connectivity index (χ0) is 13.4. The van der Waals surface area contributed by atoms with Gasteiger partial charge in [-0.3, -0.25) is 14.2 Å². The molecule has 1 fully saturated rings. The first-order chi connectivity index (χ1) is 9.15. The van der Waals surface area contributed by atoms with E-state index in [0.717, 1.165) is 17.4 Å². The summed E-state index contributed by atoms with van der Waals surface area (Å²) in [5.41, 5.74) is -0.517. The van der Waals surface area contributed by atoms with Crippen molar-refractivity contribution in [2.75, 3.05) is 0 Å². The lowest BCUT2D eigenvalue weighted by Crippen LogP contribution is -2.41. The van der Waals surface area contributed by atoms with E-state index in [1.54, 1.807) is 24.3 Å². The second-order valence-corrected chi connectivity index (χ2v) is 4.71. The van der Waals surface area contributed by atoms with Crippen LogP contribution in [0.3, 0.4) is 0 Å². The van der Waals surface area contributed by atoms with Gasteiger partial charge >= 0.3 is 5.69 Å². The molecule has 1 aromatic heterocycles. The van der Waals surface area contributed by atoms with E-state index in [9.17, 15) is 14.4 Å². The standard InChI is InChI=1S/C13H13N3O3/c17-11(14-8-5-6-8)7-16-12(18)9-3-1-2-4-10(9)15-13(16)19/h1-4,8H,5-7H2,(H,14,17)(H,15,19). The minimum atomic E-state index is -0.561. The molecule has 2 N–H and O–H groups in total. The van der Waals surface area contributed by atoms with Crippen molar-refractivity contribution in [1.29, 1.82) is 0 Å². The first-order valence-electron chi connectivity index (χ1n) is 6.16. The second-order valence-electron chi connectivity index (χ2n) is 4.71. The van der Waals surface area contributed by atoms with Crippen LogP contribution in [0.2, 0.25) is 0 Å². The first kappa shape index (κ1) is 11.7. The van der Waals surface area contributed by atoms with Crippen LogP contribution < -0.4 is 16.6 Å². The summed E-state index contributed by atoms with van der Waals surface area (Å²) in [5.74, 6) is -0.301. The number of nitrogens with zero attached hydrogens (tertiary/aromatic N) is 1. The number of para-hydroxylation sites is 1. The van der Waals surface area contributed by atoms with Crippen molar-refractivity contribution in [3.63, 3.8) is 0 Å². The summed E-state index contributed by atoms with van der Waals surface area (Å²) in [5, 5.41) is 3.16. The molecule has 0 saturated heterocycles. The number of hydrogen-bond donors (Lipinski definition) is 2. The number of H-pyrrole nitrogens is 1. The molecule has 1 heterocycles. The normalized spacial score (nSPS) is 14.5. The highest BCUT2D eigenvalue weighted by Crippen LogP contribution is 2.18. The van der Waals surface area contributed by atoms with Crippen molar-refractivity contribution < 1.29 is 4.79 Å². The summed E-state index contributed by atoms with van der Waals surface area (Å²) in [6.45, 7) is -0.241. The molecule has 6 heteroatoms. The van der Waals surface area contributed by atoms with Crippen molar-refractivity contribution in [1.82, 2.24) is 14.9 Å². The predicted octanol–water partition coefficient (Wildman–Crippen LogP) is -0.0316. The predicted molar refractivity (Wildman–Crippen MR) is 70.0 cm³/mol. The van der Waals surface area contributed by atoms with E-state index < -0.39 is 11.2 Å². The number of hydrogen-bond acceptors (Lipinski definition) is 3. The summed E-state index contributed by atoms with van der Waals surface area (Å²) in [7, 11) is 0. The molecule has 2 aromatic rings. The van der Waals surface area contributed by atoms with Gasteiger partial charge in [0.25, 0.3) is 5.56 Å². The highest BCUT2D eigenvalue weighted by Gasteiger charge is 2.23. The Morgan fingerprint density at radius 3 is 2.79 bits per heavy atom. The molecule has 6 nitrogen and oxygen atoms in total. The molecule has 0 spiro atoms. The van der Waals surface area contributed by atoms with E-state index >= 15 is 0 Å². The summed E-state index contributed by atoms with van der Waals surface area (Å²) in [4.78, 5) is 38.2. The van der Waals surface area contributed by atoms with Gasteiger partial charge in [0.15, 0.2) is 0 Å². The van der Waals surface area contributed by atoms with Gasteiger partial charge in [0.2, 0.25) is 5.91 Å². The Kier molecular flexibility index (Phi) is 2.70. The van der Waals surface area contributed by atoms with Crippen LogP contribution in [0.15, 0.2) is 33.9 Å². The Bertz CT molecular complexity index is 756. The Morgan fingerprint density at radius 1 is 1.32 bits per heavy atom. The fraction of sp³-hybridized carbons (Fsp3) is 0.308. The summed E-state index contributed by atoms with van der Waals surface area (Å²) in [6.07, 6.45) is 1.93. The smallest absolute Gasteiger partial charge is 0.329 e. The molecule has 0 atom stereocenters. The van der Waals surface area contributed by atoms with Crippen LogP contribution in [0.25, 0.3) is 10.9 Å². The zero-order valence-corrected chi connectivity index (χ0v) is 10.2. The van der Waals surface area contributed by atoms with Crippen LogP contribution in [-0.4, -0.2) is 21.5 Å². The number of amides is 1. The van der Waals surface area contributed by atoms with Crippen LogP contribution in [0.4, 0.5) is 0 Å². The monoisotopic (exact) mass is 259 g/mol. The maximum Gasteiger partial charge on any atom is 0.329 e. The third kappa shape index (κ3) is 2.29. The number of carbonyl (C=O) groups excluding carboxylic acids is 1. The largest absolute Gasteiger partial charge is 0.352 e. The van der Waals surface area contributed by atoms with Gasteiger partial charge in [0.1, 0.15) is 6.54 Å². The molecular weight excluding hydrogens is 246 g/mol. The highest BCUT2D eigenvalue weighted by molar-refractivity contribution is 5.79. The van der Waals surface area contributed by atoms with E-state index in [0.29, 0.717) is 10.9 Å². The molecule has 1 aliphatic carbocycles. The van der Waals surface area contributed by atoms with Crippen LogP contribution >= 0.6 is 0 Å². The van der Waals surface area contributed by atoms with E-state index in [4.69, 9.17) is 0 Å². The number of benzene rings is 1. The van der Waals surface area contributed by atoms with E-state index in [1.165, 1.54) is 0 Å².